The largest absolute Gasteiger partial charge is 0.389 e. The predicted molar refractivity (Wildman–Crippen MR) is 84.2 cm³/mol. The fraction of sp³-hybridized carbons (Fsp3) is 0.167. The summed E-state index contributed by atoms with van der Waals surface area (Å²) in [6.07, 6.45) is 0. The average Bonchev–Trinajstić information content (AvgIpc) is 2.76. The number of nitrogens with one attached hydrogen (secondary N) is 1. The number of nitrogens with zero attached hydrogens (tertiary/aromatic N) is 1. The smallest absolute Gasteiger partial charge is 0.161 e. The Hall–Kier alpha value is -1.05. The van der Waals surface area contributed by atoms with E-state index in [0.29, 0.717) is 17.8 Å². The van der Waals surface area contributed by atoms with Crippen LogP contribution in [0.5, 0.6) is 0 Å². The number of halogens is 2. The molecule has 0 fully saturated rings. The van der Waals surface area contributed by atoms with Crippen LogP contribution in [0.4, 0.5) is 10.1 Å². The van der Waals surface area contributed by atoms with Crippen LogP contribution in [0.3, 0.4) is 0 Å². The lowest BCUT2D eigenvalue weighted by molar-refractivity contribution is 0.623. The van der Waals surface area contributed by atoms with Gasteiger partial charge in [0, 0.05) is 16.6 Å². The molecule has 1 aromatic heterocycles. The molecule has 3 N–H and O–H groups in total. The minimum atomic E-state index is -0.404. The number of benzene rings is 1. The van der Waals surface area contributed by atoms with Crippen LogP contribution >= 0.6 is 39.5 Å². The summed E-state index contributed by atoms with van der Waals surface area (Å²) in [5, 5.41) is 5.87. The lowest BCUT2D eigenvalue weighted by Gasteiger charge is -2.10. The van der Waals surface area contributed by atoms with E-state index in [9.17, 15) is 4.39 Å². The zero-order chi connectivity index (χ0) is 14.0. The quantitative estimate of drug-likeness (QED) is 0.818. The number of thiazole rings is 1. The Labute approximate surface area is 128 Å². The summed E-state index contributed by atoms with van der Waals surface area (Å²) in [5.74, 6) is -0.404. The normalized spacial score (nSPS) is 10.5. The molecule has 0 aliphatic carbocycles. The fourth-order valence-electron chi connectivity index (χ4n) is 1.53. The van der Waals surface area contributed by atoms with Gasteiger partial charge in [0.25, 0.3) is 0 Å². The zero-order valence-electron chi connectivity index (χ0n) is 10.0. The van der Waals surface area contributed by atoms with Crippen LogP contribution in [0, 0.1) is 12.7 Å². The third-order valence-electron chi connectivity index (χ3n) is 2.44. The first kappa shape index (κ1) is 14.4. The standard InChI is InChI=1S/C12H11BrFN3S2/c1-6-5-19-9(17-6)4-16-8-3-2-7(12(15)18)10(13)11(8)14/h2-3,5,16H,4H2,1H3,(H2,15,18). The second kappa shape index (κ2) is 5.94. The third-order valence-corrected chi connectivity index (χ3v) is 4.41. The van der Waals surface area contributed by atoms with Gasteiger partial charge in [-0.05, 0) is 35.0 Å². The zero-order valence-corrected chi connectivity index (χ0v) is 13.3. The van der Waals surface area contributed by atoms with Crippen molar-refractivity contribution in [1.82, 2.24) is 4.98 Å². The summed E-state index contributed by atoms with van der Waals surface area (Å²) in [6, 6.07) is 3.31. The van der Waals surface area contributed by atoms with Gasteiger partial charge in [-0.1, -0.05) is 12.2 Å². The van der Waals surface area contributed by atoms with Gasteiger partial charge in [0.15, 0.2) is 5.82 Å². The molecule has 0 spiro atoms. The van der Waals surface area contributed by atoms with E-state index < -0.39 is 5.82 Å². The average molecular weight is 360 g/mol. The highest BCUT2D eigenvalue weighted by Crippen LogP contribution is 2.27. The van der Waals surface area contributed by atoms with Crippen molar-refractivity contribution in [3.8, 4) is 0 Å². The van der Waals surface area contributed by atoms with Gasteiger partial charge < -0.3 is 11.1 Å². The molecule has 1 aromatic carbocycles. The maximum absolute atomic E-state index is 14.1. The lowest BCUT2D eigenvalue weighted by Crippen LogP contribution is -2.12. The molecule has 19 heavy (non-hydrogen) atoms. The summed E-state index contributed by atoms with van der Waals surface area (Å²) in [5.41, 5.74) is 7.35. The van der Waals surface area contributed by atoms with Crippen molar-refractivity contribution >= 4 is 50.2 Å². The van der Waals surface area contributed by atoms with Crippen molar-refractivity contribution in [2.24, 2.45) is 5.73 Å². The maximum atomic E-state index is 14.1. The highest BCUT2D eigenvalue weighted by molar-refractivity contribution is 9.10. The van der Waals surface area contributed by atoms with Gasteiger partial charge in [0.05, 0.1) is 16.7 Å². The van der Waals surface area contributed by atoms with Gasteiger partial charge >= 0.3 is 0 Å². The van der Waals surface area contributed by atoms with Gasteiger partial charge in [0.1, 0.15) is 10.00 Å². The van der Waals surface area contributed by atoms with Gasteiger partial charge in [-0.25, -0.2) is 9.37 Å². The first-order valence-electron chi connectivity index (χ1n) is 5.41. The van der Waals surface area contributed by atoms with Gasteiger partial charge in [-0.3, -0.25) is 0 Å². The van der Waals surface area contributed by atoms with Crippen LogP contribution in [0.2, 0.25) is 0 Å². The van der Waals surface area contributed by atoms with E-state index in [1.165, 1.54) is 11.3 Å². The molecule has 1 heterocycles. The van der Waals surface area contributed by atoms with E-state index in [-0.39, 0.29) is 9.46 Å². The Kier molecular flexibility index (Phi) is 4.49. The molecule has 0 aliphatic rings. The molecule has 100 valence electrons. The molecule has 2 aromatic rings. The highest BCUT2D eigenvalue weighted by Gasteiger charge is 2.13. The maximum Gasteiger partial charge on any atom is 0.161 e. The van der Waals surface area contributed by atoms with Crippen molar-refractivity contribution < 1.29 is 4.39 Å². The van der Waals surface area contributed by atoms with Crippen LogP contribution in [0.25, 0.3) is 0 Å². The Morgan fingerprint density at radius 1 is 1.58 bits per heavy atom. The molecule has 0 saturated heterocycles. The van der Waals surface area contributed by atoms with Crippen molar-refractivity contribution in [3.63, 3.8) is 0 Å². The predicted octanol–water partition coefficient (Wildman–Crippen LogP) is 3.60. The van der Waals surface area contributed by atoms with Crippen LogP contribution in [0.1, 0.15) is 16.3 Å². The molecule has 0 amide bonds. The summed E-state index contributed by atoms with van der Waals surface area (Å²) in [6.45, 7) is 2.41. The van der Waals surface area contributed by atoms with Crippen molar-refractivity contribution in [1.29, 1.82) is 0 Å². The highest BCUT2D eigenvalue weighted by atomic mass is 79.9. The first-order valence-corrected chi connectivity index (χ1v) is 7.50. The Morgan fingerprint density at radius 3 is 2.89 bits per heavy atom. The van der Waals surface area contributed by atoms with Crippen LogP contribution in [-0.4, -0.2) is 9.97 Å². The second-order valence-corrected chi connectivity index (χ2v) is 6.06. The number of rotatable bonds is 4. The SMILES string of the molecule is Cc1csc(CNc2ccc(C(N)=S)c(Br)c2F)n1. The Balaban J connectivity index is 2.17. The summed E-state index contributed by atoms with van der Waals surface area (Å²) >= 11 is 9.55. The molecule has 0 atom stereocenters. The van der Waals surface area contributed by atoms with Crippen LogP contribution < -0.4 is 11.1 Å². The van der Waals surface area contributed by atoms with E-state index in [4.69, 9.17) is 18.0 Å². The number of thiocarbonyl (C=S) groups is 1. The number of aromatic nitrogens is 1. The topological polar surface area (TPSA) is 50.9 Å². The van der Waals surface area contributed by atoms with E-state index in [1.807, 2.05) is 12.3 Å². The molecule has 0 unspecified atom stereocenters. The first-order chi connectivity index (χ1) is 8.99. The van der Waals surface area contributed by atoms with E-state index in [2.05, 4.69) is 26.2 Å². The molecule has 7 heteroatoms. The molecule has 0 bridgehead atoms. The summed E-state index contributed by atoms with van der Waals surface area (Å²) < 4.78 is 14.4. The molecular formula is C12H11BrFN3S2. The Bertz CT molecular complexity index is 627. The minimum absolute atomic E-state index is 0.160. The van der Waals surface area contributed by atoms with E-state index >= 15 is 0 Å². The third kappa shape index (κ3) is 3.29. The molecular weight excluding hydrogens is 349 g/mol. The van der Waals surface area contributed by atoms with E-state index in [0.717, 1.165) is 10.7 Å². The van der Waals surface area contributed by atoms with E-state index in [1.54, 1.807) is 12.1 Å². The minimum Gasteiger partial charge on any atom is -0.389 e. The molecule has 0 radical (unpaired) electrons. The molecule has 0 saturated carbocycles. The van der Waals surface area contributed by atoms with Crippen molar-refractivity contribution in [2.45, 2.75) is 13.5 Å². The molecule has 3 nitrogen and oxygen atoms in total. The van der Waals surface area contributed by atoms with Crippen LogP contribution in [-0.2, 0) is 6.54 Å². The van der Waals surface area contributed by atoms with Gasteiger partial charge in [-0.2, -0.15) is 0 Å². The monoisotopic (exact) mass is 359 g/mol. The van der Waals surface area contributed by atoms with Gasteiger partial charge in [-0.15, -0.1) is 11.3 Å². The van der Waals surface area contributed by atoms with Crippen LogP contribution in [0.15, 0.2) is 22.0 Å². The summed E-state index contributed by atoms with van der Waals surface area (Å²) in [4.78, 5) is 4.46. The van der Waals surface area contributed by atoms with Crippen molar-refractivity contribution in [3.05, 3.63) is 44.1 Å². The number of nitrogens with two attached hydrogens (primary N) is 1. The second-order valence-electron chi connectivity index (χ2n) is 3.89. The number of hydrogen-bond donors (Lipinski definition) is 2. The lowest BCUT2D eigenvalue weighted by atomic mass is 10.2. The molecule has 0 aliphatic heterocycles. The number of hydrogen-bond acceptors (Lipinski definition) is 4. The molecule has 2 rings (SSSR count). The van der Waals surface area contributed by atoms with Gasteiger partial charge in [0.2, 0.25) is 0 Å². The number of aryl methyl sites for hydroxylation is 1. The fourth-order valence-corrected chi connectivity index (χ4v) is 3.10. The summed E-state index contributed by atoms with van der Waals surface area (Å²) in [7, 11) is 0. The van der Waals surface area contributed by atoms with Crippen molar-refractivity contribution in [2.75, 3.05) is 5.32 Å². The number of anilines is 1. The Morgan fingerprint density at radius 2 is 2.32 bits per heavy atom.